The Balaban J connectivity index is 4.46. The van der Waals surface area contributed by atoms with Gasteiger partial charge in [-0.15, -0.1) is 0 Å². The summed E-state index contributed by atoms with van der Waals surface area (Å²) in [7, 11) is 0. The largest absolute Gasteiger partial charge is 0.462 e. The Morgan fingerprint density at radius 3 is 1.05 bits per heavy atom. The van der Waals surface area contributed by atoms with Crippen molar-refractivity contribution in [2.75, 3.05) is 13.2 Å². The fourth-order valence-corrected chi connectivity index (χ4v) is 6.55. The van der Waals surface area contributed by atoms with Gasteiger partial charge in [-0.25, -0.2) is 0 Å². The first kappa shape index (κ1) is 59.1. The Bertz CT molecular complexity index is 1330. The highest BCUT2D eigenvalue weighted by Gasteiger charge is 2.19. The molecule has 63 heavy (non-hydrogen) atoms. The summed E-state index contributed by atoms with van der Waals surface area (Å²) >= 11 is 0. The quantitative estimate of drug-likeness (QED) is 0.0263. The van der Waals surface area contributed by atoms with Gasteiger partial charge in [0.15, 0.2) is 6.10 Å². The number of carbonyl (C=O) groups is 3. The lowest BCUT2D eigenvalue weighted by atomic mass is 10.1. The molecule has 0 aromatic heterocycles. The summed E-state index contributed by atoms with van der Waals surface area (Å²) in [5, 5.41) is 0. The van der Waals surface area contributed by atoms with Gasteiger partial charge in [0, 0.05) is 19.3 Å². The van der Waals surface area contributed by atoms with E-state index in [4.69, 9.17) is 14.2 Å². The normalized spacial score (nSPS) is 13.0. The van der Waals surface area contributed by atoms with Crippen LogP contribution in [0.5, 0.6) is 0 Å². The van der Waals surface area contributed by atoms with Crippen molar-refractivity contribution in [3.05, 3.63) is 109 Å². The van der Waals surface area contributed by atoms with Crippen LogP contribution in [0.1, 0.15) is 213 Å². The van der Waals surface area contributed by atoms with Gasteiger partial charge in [-0.2, -0.15) is 0 Å². The zero-order chi connectivity index (χ0) is 45.8. The molecular weight excluding hydrogens is 781 g/mol. The third-order valence-corrected chi connectivity index (χ3v) is 10.4. The van der Waals surface area contributed by atoms with E-state index in [0.29, 0.717) is 19.3 Å². The molecule has 6 nitrogen and oxygen atoms in total. The summed E-state index contributed by atoms with van der Waals surface area (Å²) in [5.41, 5.74) is 0. The van der Waals surface area contributed by atoms with Gasteiger partial charge in [0.25, 0.3) is 0 Å². The summed E-state index contributed by atoms with van der Waals surface area (Å²) in [6.07, 6.45) is 67.9. The number of hydrogen-bond acceptors (Lipinski definition) is 6. The first-order chi connectivity index (χ1) is 31.0. The highest BCUT2D eigenvalue weighted by molar-refractivity contribution is 5.71. The molecule has 356 valence electrons. The molecule has 1 unspecified atom stereocenters. The highest BCUT2D eigenvalue weighted by Crippen LogP contribution is 2.14. The summed E-state index contributed by atoms with van der Waals surface area (Å²) in [6.45, 7) is 6.33. The maximum absolute atomic E-state index is 12.8. The summed E-state index contributed by atoms with van der Waals surface area (Å²) in [4.78, 5) is 37.9. The minimum atomic E-state index is -0.813. The van der Waals surface area contributed by atoms with Crippen LogP contribution in [0.15, 0.2) is 109 Å². The van der Waals surface area contributed by atoms with Crippen LogP contribution < -0.4 is 0 Å². The van der Waals surface area contributed by atoms with Gasteiger partial charge in [-0.3, -0.25) is 14.4 Å². The average Bonchev–Trinajstić information content (AvgIpc) is 3.28. The van der Waals surface area contributed by atoms with Gasteiger partial charge in [0.1, 0.15) is 13.2 Å². The number of unbranched alkanes of at least 4 members (excludes halogenated alkanes) is 21. The molecule has 0 heterocycles. The molecule has 0 spiro atoms. The molecule has 0 rings (SSSR count). The van der Waals surface area contributed by atoms with Crippen LogP contribution in [0.4, 0.5) is 0 Å². The van der Waals surface area contributed by atoms with E-state index in [-0.39, 0.29) is 37.5 Å². The zero-order valence-electron chi connectivity index (χ0n) is 40.5. The Labute approximate surface area is 387 Å². The van der Waals surface area contributed by atoms with Gasteiger partial charge in [0.05, 0.1) is 0 Å². The number of ether oxygens (including phenoxy) is 3. The van der Waals surface area contributed by atoms with Gasteiger partial charge in [-0.1, -0.05) is 220 Å². The van der Waals surface area contributed by atoms with Crippen LogP contribution in [-0.2, 0) is 28.6 Å². The average molecular weight is 873 g/mol. The predicted molar refractivity (Wildman–Crippen MR) is 270 cm³/mol. The molecule has 0 fully saturated rings. The highest BCUT2D eigenvalue weighted by atomic mass is 16.6. The predicted octanol–water partition coefficient (Wildman–Crippen LogP) is 16.8. The Hall–Kier alpha value is -3.93. The van der Waals surface area contributed by atoms with Crippen LogP contribution in [0.25, 0.3) is 0 Å². The van der Waals surface area contributed by atoms with Crippen molar-refractivity contribution in [2.24, 2.45) is 0 Å². The first-order valence-corrected chi connectivity index (χ1v) is 25.5. The molecule has 0 aromatic rings. The molecule has 0 radical (unpaired) electrons. The molecule has 0 aliphatic heterocycles. The number of hydrogen-bond donors (Lipinski definition) is 0. The van der Waals surface area contributed by atoms with E-state index in [1.807, 2.05) is 48.6 Å². The standard InChI is InChI=1S/C57H92O6/c1-4-7-10-13-16-19-22-24-26-27-28-29-31-32-35-38-41-44-47-50-56(59)62-53-54(52-61-55(58)49-46-43-40-37-34-21-18-15-12-9-6-3)63-57(60)51-48-45-42-39-36-33-30-25-23-20-17-14-11-8-5-2/h8,11,14-25,30,33-34,36,54H,4-7,9-10,12-13,26-29,31-32,35,37-53H2,1-3H3/b11-8-,17-14-,18-15-,19-16-,23-20-,24-22-,30-25-,34-21-,36-33-. The van der Waals surface area contributed by atoms with Gasteiger partial charge >= 0.3 is 17.9 Å². The molecule has 0 saturated carbocycles. The van der Waals surface area contributed by atoms with E-state index in [2.05, 4.69) is 81.5 Å². The summed E-state index contributed by atoms with van der Waals surface area (Å²) < 4.78 is 16.7. The smallest absolute Gasteiger partial charge is 0.306 e. The Morgan fingerprint density at radius 1 is 0.333 bits per heavy atom. The van der Waals surface area contributed by atoms with Crippen LogP contribution in [0.2, 0.25) is 0 Å². The Kier molecular flexibility index (Phi) is 47.5. The molecule has 0 aliphatic rings. The molecule has 6 heteroatoms. The van der Waals surface area contributed by atoms with E-state index in [9.17, 15) is 14.4 Å². The minimum Gasteiger partial charge on any atom is -0.462 e. The number of carbonyl (C=O) groups excluding carboxylic acids is 3. The molecule has 0 saturated heterocycles. The molecule has 0 amide bonds. The van der Waals surface area contributed by atoms with E-state index in [0.717, 1.165) is 77.0 Å². The molecule has 1 atom stereocenters. The molecular formula is C57H92O6. The van der Waals surface area contributed by atoms with Crippen LogP contribution in [0, 0.1) is 0 Å². The van der Waals surface area contributed by atoms with Crippen molar-refractivity contribution in [3.63, 3.8) is 0 Å². The van der Waals surface area contributed by atoms with Gasteiger partial charge < -0.3 is 14.2 Å². The lowest BCUT2D eigenvalue weighted by Crippen LogP contribution is -2.30. The third kappa shape index (κ3) is 49.0. The maximum atomic E-state index is 12.8. The second kappa shape index (κ2) is 50.7. The van der Waals surface area contributed by atoms with Crippen molar-refractivity contribution in [1.29, 1.82) is 0 Å². The maximum Gasteiger partial charge on any atom is 0.306 e. The monoisotopic (exact) mass is 873 g/mol. The van der Waals surface area contributed by atoms with Crippen molar-refractivity contribution in [3.8, 4) is 0 Å². The fraction of sp³-hybridized carbons (Fsp3) is 0.632. The van der Waals surface area contributed by atoms with Gasteiger partial charge in [-0.05, 0) is 83.5 Å². The first-order valence-electron chi connectivity index (χ1n) is 25.5. The topological polar surface area (TPSA) is 78.9 Å². The number of esters is 3. The van der Waals surface area contributed by atoms with Crippen molar-refractivity contribution in [1.82, 2.24) is 0 Å². The number of rotatable bonds is 44. The van der Waals surface area contributed by atoms with Crippen molar-refractivity contribution < 1.29 is 28.6 Å². The fourth-order valence-electron chi connectivity index (χ4n) is 6.55. The second-order valence-electron chi connectivity index (χ2n) is 16.5. The summed E-state index contributed by atoms with van der Waals surface area (Å²) in [6, 6.07) is 0. The van der Waals surface area contributed by atoms with E-state index >= 15 is 0 Å². The van der Waals surface area contributed by atoms with Gasteiger partial charge in [0.2, 0.25) is 0 Å². The lowest BCUT2D eigenvalue weighted by molar-refractivity contribution is -0.167. The summed E-state index contributed by atoms with van der Waals surface area (Å²) in [5.74, 6) is -0.989. The van der Waals surface area contributed by atoms with E-state index in [1.54, 1.807) is 0 Å². The van der Waals surface area contributed by atoms with Crippen LogP contribution in [0.3, 0.4) is 0 Å². The van der Waals surface area contributed by atoms with E-state index in [1.165, 1.54) is 89.9 Å². The zero-order valence-corrected chi connectivity index (χ0v) is 40.5. The third-order valence-electron chi connectivity index (χ3n) is 10.4. The Morgan fingerprint density at radius 2 is 0.635 bits per heavy atom. The number of allylic oxidation sites excluding steroid dienone is 18. The molecule has 0 N–H and O–H groups in total. The second-order valence-corrected chi connectivity index (χ2v) is 16.5. The lowest BCUT2D eigenvalue weighted by Gasteiger charge is -2.18. The van der Waals surface area contributed by atoms with E-state index < -0.39 is 6.10 Å². The molecule has 0 aliphatic carbocycles. The molecule has 0 bridgehead atoms. The van der Waals surface area contributed by atoms with Crippen LogP contribution in [-0.4, -0.2) is 37.2 Å². The molecule has 0 aromatic carbocycles. The minimum absolute atomic E-state index is 0.108. The SMILES string of the molecule is CC\C=C/C=C\C=C/C=C\C=C/CCCCCC(=O)OC(COC(=O)CCCCC/C=C\C=C/CCCC)COC(=O)CCCCCCCCCCCC/C=C\C=C/CCCCC. The van der Waals surface area contributed by atoms with Crippen LogP contribution >= 0.6 is 0 Å². The van der Waals surface area contributed by atoms with Crippen molar-refractivity contribution >= 4 is 17.9 Å². The van der Waals surface area contributed by atoms with Crippen molar-refractivity contribution in [2.45, 2.75) is 219 Å².